The number of nitrogens with one attached hydrogen (secondary N) is 1. The summed E-state index contributed by atoms with van der Waals surface area (Å²) in [7, 11) is 0. The van der Waals surface area contributed by atoms with E-state index in [-0.39, 0.29) is 11.4 Å². The summed E-state index contributed by atoms with van der Waals surface area (Å²) in [6, 6.07) is 4.93. The van der Waals surface area contributed by atoms with Crippen molar-refractivity contribution in [2.24, 2.45) is 0 Å². The standard InChI is InChI=1S/C11H14FNO/c1-8-9(12)4-3-5-10(8)14-11(2)6-13-7-11/h3-5,13H,6-7H2,1-2H3. The molecular weight excluding hydrogens is 181 g/mol. The summed E-state index contributed by atoms with van der Waals surface area (Å²) in [5.41, 5.74) is 0.416. The number of hydrogen-bond donors (Lipinski definition) is 1. The third-order valence-electron chi connectivity index (χ3n) is 2.57. The molecule has 0 saturated carbocycles. The summed E-state index contributed by atoms with van der Waals surface area (Å²) in [5, 5.41) is 3.14. The molecule has 1 N–H and O–H groups in total. The quantitative estimate of drug-likeness (QED) is 0.778. The first-order chi connectivity index (χ1) is 6.61. The fraction of sp³-hybridized carbons (Fsp3) is 0.455. The topological polar surface area (TPSA) is 21.3 Å². The fourth-order valence-electron chi connectivity index (χ4n) is 1.51. The number of hydrogen-bond acceptors (Lipinski definition) is 2. The molecule has 0 atom stereocenters. The minimum atomic E-state index is -0.210. The van der Waals surface area contributed by atoms with Gasteiger partial charge in [-0.1, -0.05) is 6.07 Å². The zero-order valence-electron chi connectivity index (χ0n) is 8.43. The van der Waals surface area contributed by atoms with Crippen LogP contribution < -0.4 is 10.1 Å². The van der Waals surface area contributed by atoms with Crippen molar-refractivity contribution in [2.75, 3.05) is 13.1 Å². The Morgan fingerprint density at radius 2 is 2.14 bits per heavy atom. The van der Waals surface area contributed by atoms with Crippen LogP contribution in [0.5, 0.6) is 5.75 Å². The molecule has 1 heterocycles. The average Bonchev–Trinajstić information content (AvgIpc) is 2.10. The Kier molecular flexibility index (Phi) is 2.19. The maximum Gasteiger partial charge on any atom is 0.131 e. The van der Waals surface area contributed by atoms with Crippen LogP contribution in [0.25, 0.3) is 0 Å². The predicted octanol–water partition coefficient (Wildman–Crippen LogP) is 1.87. The van der Waals surface area contributed by atoms with Crippen LogP contribution in [0.15, 0.2) is 18.2 Å². The van der Waals surface area contributed by atoms with Gasteiger partial charge in [-0.25, -0.2) is 4.39 Å². The molecule has 0 aliphatic carbocycles. The molecule has 1 aliphatic heterocycles. The van der Waals surface area contributed by atoms with Gasteiger partial charge in [0.25, 0.3) is 0 Å². The lowest BCUT2D eigenvalue weighted by molar-refractivity contribution is 0.0339. The lowest BCUT2D eigenvalue weighted by atomic mass is 10.00. The number of rotatable bonds is 2. The van der Waals surface area contributed by atoms with Crippen molar-refractivity contribution in [3.63, 3.8) is 0 Å². The molecule has 0 amide bonds. The van der Waals surface area contributed by atoms with Crippen molar-refractivity contribution < 1.29 is 9.13 Å². The summed E-state index contributed by atoms with van der Waals surface area (Å²) in [4.78, 5) is 0. The van der Waals surface area contributed by atoms with E-state index in [1.54, 1.807) is 13.0 Å². The van der Waals surface area contributed by atoms with Crippen LogP contribution in [-0.4, -0.2) is 18.7 Å². The second-order valence-electron chi connectivity index (χ2n) is 4.02. The van der Waals surface area contributed by atoms with Crippen molar-refractivity contribution in [1.82, 2.24) is 5.32 Å². The van der Waals surface area contributed by atoms with Gasteiger partial charge in [0.05, 0.1) is 0 Å². The maximum absolute atomic E-state index is 13.2. The Labute approximate surface area is 83.1 Å². The van der Waals surface area contributed by atoms with Gasteiger partial charge in [-0.2, -0.15) is 0 Å². The fourth-order valence-corrected chi connectivity index (χ4v) is 1.51. The molecule has 1 saturated heterocycles. The third kappa shape index (κ3) is 1.60. The van der Waals surface area contributed by atoms with Crippen LogP contribution in [0.4, 0.5) is 4.39 Å². The van der Waals surface area contributed by atoms with Gasteiger partial charge in [-0.15, -0.1) is 0 Å². The molecule has 3 heteroatoms. The average molecular weight is 195 g/mol. The van der Waals surface area contributed by atoms with E-state index in [1.807, 2.05) is 13.0 Å². The maximum atomic E-state index is 13.2. The zero-order chi connectivity index (χ0) is 10.2. The smallest absolute Gasteiger partial charge is 0.131 e. The van der Waals surface area contributed by atoms with E-state index >= 15 is 0 Å². The summed E-state index contributed by atoms with van der Waals surface area (Å²) >= 11 is 0. The van der Waals surface area contributed by atoms with E-state index in [1.165, 1.54) is 6.07 Å². The van der Waals surface area contributed by atoms with Crippen molar-refractivity contribution in [1.29, 1.82) is 0 Å². The molecular formula is C11H14FNO. The molecule has 76 valence electrons. The van der Waals surface area contributed by atoms with E-state index in [9.17, 15) is 4.39 Å². The van der Waals surface area contributed by atoms with Gasteiger partial charge >= 0.3 is 0 Å². The Morgan fingerprint density at radius 1 is 1.43 bits per heavy atom. The lowest BCUT2D eigenvalue weighted by Crippen LogP contribution is -2.61. The summed E-state index contributed by atoms with van der Waals surface area (Å²) in [6.45, 7) is 5.40. The van der Waals surface area contributed by atoms with Gasteiger partial charge in [-0.05, 0) is 26.0 Å². The highest BCUT2D eigenvalue weighted by Crippen LogP contribution is 2.26. The first kappa shape index (κ1) is 9.46. The van der Waals surface area contributed by atoms with Crippen LogP contribution in [0, 0.1) is 12.7 Å². The van der Waals surface area contributed by atoms with Crippen molar-refractivity contribution in [3.05, 3.63) is 29.6 Å². The van der Waals surface area contributed by atoms with Crippen molar-refractivity contribution >= 4 is 0 Å². The summed E-state index contributed by atoms with van der Waals surface area (Å²) in [6.07, 6.45) is 0. The van der Waals surface area contributed by atoms with Gasteiger partial charge in [0.1, 0.15) is 17.2 Å². The summed E-state index contributed by atoms with van der Waals surface area (Å²) < 4.78 is 18.9. The molecule has 1 fully saturated rings. The largest absolute Gasteiger partial charge is 0.485 e. The van der Waals surface area contributed by atoms with Crippen molar-refractivity contribution in [2.45, 2.75) is 19.4 Å². The highest BCUT2D eigenvalue weighted by atomic mass is 19.1. The molecule has 0 spiro atoms. The SMILES string of the molecule is Cc1c(F)cccc1OC1(C)CNC1. The number of ether oxygens (including phenoxy) is 1. The van der Waals surface area contributed by atoms with Crippen LogP contribution in [0.3, 0.4) is 0 Å². The van der Waals surface area contributed by atoms with Crippen LogP contribution in [0.1, 0.15) is 12.5 Å². The van der Waals surface area contributed by atoms with Gasteiger partial charge in [0.15, 0.2) is 0 Å². The van der Waals surface area contributed by atoms with E-state index in [2.05, 4.69) is 5.32 Å². The highest BCUT2D eigenvalue weighted by molar-refractivity contribution is 5.34. The minimum absolute atomic E-state index is 0.168. The molecule has 0 aromatic heterocycles. The van der Waals surface area contributed by atoms with Gasteiger partial charge < -0.3 is 10.1 Å². The Morgan fingerprint density at radius 3 is 2.71 bits per heavy atom. The second kappa shape index (κ2) is 3.24. The van der Waals surface area contributed by atoms with Crippen LogP contribution in [-0.2, 0) is 0 Å². The lowest BCUT2D eigenvalue weighted by Gasteiger charge is -2.39. The van der Waals surface area contributed by atoms with E-state index < -0.39 is 0 Å². The molecule has 14 heavy (non-hydrogen) atoms. The molecule has 1 aromatic rings. The van der Waals surface area contributed by atoms with Crippen LogP contribution >= 0.6 is 0 Å². The Bertz CT molecular complexity index is 347. The number of halogens is 1. The Hall–Kier alpha value is -1.09. The Balaban J connectivity index is 2.20. The minimum Gasteiger partial charge on any atom is -0.485 e. The van der Waals surface area contributed by atoms with Crippen molar-refractivity contribution in [3.8, 4) is 5.75 Å². The molecule has 0 bridgehead atoms. The molecule has 2 rings (SSSR count). The van der Waals surface area contributed by atoms with E-state index in [4.69, 9.17) is 4.74 Å². The summed E-state index contributed by atoms with van der Waals surface area (Å²) in [5.74, 6) is 0.437. The van der Waals surface area contributed by atoms with Gasteiger partial charge in [0, 0.05) is 18.7 Å². The highest BCUT2D eigenvalue weighted by Gasteiger charge is 2.34. The van der Waals surface area contributed by atoms with Gasteiger partial charge in [0.2, 0.25) is 0 Å². The predicted molar refractivity (Wildman–Crippen MR) is 53.0 cm³/mol. The molecule has 0 unspecified atom stereocenters. The molecule has 1 aliphatic rings. The van der Waals surface area contributed by atoms with Crippen LogP contribution in [0.2, 0.25) is 0 Å². The number of benzene rings is 1. The zero-order valence-corrected chi connectivity index (χ0v) is 8.43. The van der Waals surface area contributed by atoms with E-state index in [0.29, 0.717) is 11.3 Å². The first-order valence-electron chi connectivity index (χ1n) is 4.76. The third-order valence-corrected chi connectivity index (χ3v) is 2.57. The molecule has 0 radical (unpaired) electrons. The van der Waals surface area contributed by atoms with E-state index in [0.717, 1.165) is 13.1 Å². The monoisotopic (exact) mass is 195 g/mol. The molecule has 2 nitrogen and oxygen atoms in total. The molecule has 1 aromatic carbocycles. The first-order valence-corrected chi connectivity index (χ1v) is 4.76. The second-order valence-corrected chi connectivity index (χ2v) is 4.02. The van der Waals surface area contributed by atoms with Gasteiger partial charge in [-0.3, -0.25) is 0 Å². The normalized spacial score (nSPS) is 18.8.